The Morgan fingerprint density at radius 2 is 1.86 bits per heavy atom. The number of hydrogen-bond donors (Lipinski definition) is 2. The summed E-state index contributed by atoms with van der Waals surface area (Å²) in [4.78, 5) is 0. The number of ether oxygens (including phenoxy) is 1. The molecule has 0 saturated carbocycles. The lowest BCUT2D eigenvalue weighted by Crippen LogP contribution is -2.11. The number of aliphatic hydroxyl groups excluding tert-OH is 1. The maximum absolute atomic E-state index is 13.6. The average Bonchev–Trinajstić information content (AvgIpc) is 2.47. The van der Waals surface area contributed by atoms with Crippen LogP contribution in [0.15, 0.2) is 42.5 Å². The van der Waals surface area contributed by atoms with Crippen LogP contribution in [0.2, 0.25) is 5.02 Å². The molecular weight excluding hydrogens is 328 g/mol. The Kier molecular flexibility index (Phi) is 7.62. The molecule has 2 rings (SSSR count). The molecule has 0 aromatic heterocycles. The van der Waals surface area contributed by atoms with Crippen molar-refractivity contribution < 1.29 is 14.2 Å². The first-order valence-electron chi connectivity index (χ1n) is 6.64. The molecule has 3 nitrogen and oxygen atoms in total. The highest BCUT2D eigenvalue weighted by molar-refractivity contribution is 6.31. The lowest BCUT2D eigenvalue weighted by molar-refractivity contribution is 0.276. The second-order valence-corrected chi connectivity index (χ2v) is 5.08. The number of aliphatic hydroxyl groups is 1. The molecule has 1 atom stereocenters. The fraction of sp³-hybridized carbons (Fsp3) is 0.250. The number of benzene rings is 2. The van der Waals surface area contributed by atoms with Crippen molar-refractivity contribution >= 4 is 24.0 Å². The molecule has 0 radical (unpaired) electrons. The highest BCUT2D eigenvalue weighted by Gasteiger charge is 2.08. The Morgan fingerprint density at radius 3 is 2.45 bits per heavy atom. The van der Waals surface area contributed by atoms with Crippen LogP contribution >= 0.6 is 24.0 Å². The third kappa shape index (κ3) is 4.85. The molecular formula is C16H18Cl2FNO2. The monoisotopic (exact) mass is 345 g/mol. The van der Waals surface area contributed by atoms with Gasteiger partial charge in [-0.05, 0) is 36.2 Å². The van der Waals surface area contributed by atoms with Crippen LogP contribution in [-0.2, 0) is 6.61 Å². The molecule has 3 N–H and O–H groups in total. The number of halogens is 3. The van der Waals surface area contributed by atoms with Crippen LogP contribution in [0.5, 0.6) is 5.75 Å². The second kappa shape index (κ2) is 8.96. The van der Waals surface area contributed by atoms with Gasteiger partial charge in [0, 0.05) is 18.2 Å². The minimum Gasteiger partial charge on any atom is -0.489 e. The largest absolute Gasteiger partial charge is 0.489 e. The van der Waals surface area contributed by atoms with Crippen molar-refractivity contribution in [1.29, 1.82) is 0 Å². The van der Waals surface area contributed by atoms with Crippen molar-refractivity contribution in [3.8, 4) is 5.75 Å². The van der Waals surface area contributed by atoms with Gasteiger partial charge in [-0.3, -0.25) is 0 Å². The summed E-state index contributed by atoms with van der Waals surface area (Å²) < 4.78 is 19.1. The molecule has 6 heteroatoms. The zero-order valence-electron chi connectivity index (χ0n) is 11.8. The van der Waals surface area contributed by atoms with Gasteiger partial charge in [-0.25, -0.2) is 4.39 Å². The van der Waals surface area contributed by atoms with Crippen molar-refractivity contribution in [3.63, 3.8) is 0 Å². The van der Waals surface area contributed by atoms with Gasteiger partial charge in [-0.15, -0.1) is 12.4 Å². The summed E-state index contributed by atoms with van der Waals surface area (Å²) in [5.41, 5.74) is 7.14. The first kappa shape index (κ1) is 18.7. The normalized spacial score (nSPS) is 11.6. The smallest absolute Gasteiger partial charge is 0.131 e. The highest BCUT2D eigenvalue weighted by Crippen LogP contribution is 2.23. The number of rotatable bonds is 6. The Hall–Kier alpha value is -1.33. The van der Waals surface area contributed by atoms with Crippen molar-refractivity contribution in [3.05, 3.63) is 64.4 Å². The van der Waals surface area contributed by atoms with E-state index in [4.69, 9.17) is 27.2 Å². The molecule has 0 spiro atoms. The van der Waals surface area contributed by atoms with Crippen molar-refractivity contribution in [2.75, 3.05) is 6.61 Å². The summed E-state index contributed by atoms with van der Waals surface area (Å²) in [5, 5.41) is 9.21. The molecule has 0 heterocycles. The van der Waals surface area contributed by atoms with Gasteiger partial charge >= 0.3 is 0 Å². The molecule has 2 aromatic rings. The predicted octanol–water partition coefficient (Wildman–Crippen LogP) is 3.86. The summed E-state index contributed by atoms with van der Waals surface area (Å²) in [7, 11) is 0. The van der Waals surface area contributed by atoms with E-state index in [0.29, 0.717) is 22.8 Å². The molecule has 0 aliphatic rings. The van der Waals surface area contributed by atoms with E-state index < -0.39 is 0 Å². The predicted molar refractivity (Wildman–Crippen MR) is 88.1 cm³/mol. The van der Waals surface area contributed by atoms with E-state index in [9.17, 15) is 4.39 Å². The quantitative estimate of drug-likeness (QED) is 0.835. The van der Waals surface area contributed by atoms with E-state index in [1.165, 1.54) is 6.07 Å². The van der Waals surface area contributed by atoms with Crippen LogP contribution in [0.3, 0.4) is 0 Å². The maximum atomic E-state index is 13.6. The SMILES string of the molecule is Cl.NC(CCO)c1ccc(OCc2c(F)cccc2Cl)cc1. The van der Waals surface area contributed by atoms with E-state index in [0.717, 1.165) is 5.56 Å². The van der Waals surface area contributed by atoms with Gasteiger partial charge < -0.3 is 15.6 Å². The lowest BCUT2D eigenvalue weighted by atomic mass is 10.1. The van der Waals surface area contributed by atoms with Gasteiger partial charge in [-0.1, -0.05) is 29.8 Å². The Bertz CT molecular complexity index is 573. The fourth-order valence-electron chi connectivity index (χ4n) is 1.94. The second-order valence-electron chi connectivity index (χ2n) is 4.68. The molecule has 0 saturated heterocycles. The average molecular weight is 346 g/mol. The Morgan fingerprint density at radius 1 is 1.18 bits per heavy atom. The first-order valence-corrected chi connectivity index (χ1v) is 7.01. The van der Waals surface area contributed by atoms with E-state index in [-0.39, 0.29) is 37.5 Å². The summed E-state index contributed by atoms with van der Waals surface area (Å²) in [6, 6.07) is 11.5. The summed E-state index contributed by atoms with van der Waals surface area (Å²) in [6.07, 6.45) is 0.505. The fourth-order valence-corrected chi connectivity index (χ4v) is 2.16. The Balaban J connectivity index is 0.00000242. The van der Waals surface area contributed by atoms with Crippen molar-refractivity contribution in [1.82, 2.24) is 0 Å². The first-order chi connectivity index (χ1) is 10.1. The summed E-state index contributed by atoms with van der Waals surface area (Å²) in [5.74, 6) is 0.221. The van der Waals surface area contributed by atoms with E-state index in [1.807, 2.05) is 12.1 Å². The van der Waals surface area contributed by atoms with E-state index >= 15 is 0 Å². The standard InChI is InChI=1S/C16H17ClFNO2.ClH/c17-14-2-1-3-15(18)13(14)10-21-12-6-4-11(5-7-12)16(19)8-9-20;/h1-7,16,20H,8-10,19H2;1H. The number of nitrogens with two attached hydrogens (primary N) is 1. The summed E-state index contributed by atoms with van der Waals surface area (Å²) in [6.45, 7) is 0.110. The third-order valence-corrected chi connectivity index (χ3v) is 3.55. The third-order valence-electron chi connectivity index (χ3n) is 3.19. The van der Waals surface area contributed by atoms with Crippen LogP contribution in [0.1, 0.15) is 23.6 Å². The molecule has 0 aliphatic heterocycles. The topological polar surface area (TPSA) is 55.5 Å². The van der Waals surface area contributed by atoms with Gasteiger partial charge in [0.1, 0.15) is 18.2 Å². The highest BCUT2D eigenvalue weighted by atomic mass is 35.5. The minimum atomic E-state index is -0.385. The van der Waals surface area contributed by atoms with Gasteiger partial charge in [0.2, 0.25) is 0 Å². The summed E-state index contributed by atoms with van der Waals surface area (Å²) >= 11 is 5.94. The van der Waals surface area contributed by atoms with Crippen LogP contribution in [0, 0.1) is 5.82 Å². The van der Waals surface area contributed by atoms with Crippen molar-refractivity contribution in [2.45, 2.75) is 19.1 Å². The molecule has 1 unspecified atom stereocenters. The van der Waals surface area contributed by atoms with Gasteiger partial charge in [0.25, 0.3) is 0 Å². The van der Waals surface area contributed by atoms with E-state index in [1.54, 1.807) is 24.3 Å². The molecule has 0 amide bonds. The molecule has 2 aromatic carbocycles. The van der Waals surface area contributed by atoms with Gasteiger partial charge in [0.05, 0.1) is 5.02 Å². The molecule has 0 bridgehead atoms. The zero-order chi connectivity index (χ0) is 15.2. The van der Waals surface area contributed by atoms with Crippen LogP contribution < -0.4 is 10.5 Å². The molecule has 22 heavy (non-hydrogen) atoms. The maximum Gasteiger partial charge on any atom is 0.131 e. The van der Waals surface area contributed by atoms with Gasteiger partial charge in [-0.2, -0.15) is 0 Å². The molecule has 120 valence electrons. The zero-order valence-corrected chi connectivity index (χ0v) is 13.4. The lowest BCUT2D eigenvalue weighted by Gasteiger charge is -2.12. The minimum absolute atomic E-state index is 0. The Labute approximate surface area is 140 Å². The molecule has 0 aliphatic carbocycles. The molecule has 0 fully saturated rings. The van der Waals surface area contributed by atoms with E-state index in [2.05, 4.69) is 0 Å². The van der Waals surface area contributed by atoms with Crippen LogP contribution in [0.4, 0.5) is 4.39 Å². The van der Waals surface area contributed by atoms with Crippen molar-refractivity contribution in [2.24, 2.45) is 5.73 Å². The number of hydrogen-bond acceptors (Lipinski definition) is 3. The van der Waals surface area contributed by atoms with Crippen LogP contribution in [-0.4, -0.2) is 11.7 Å². The van der Waals surface area contributed by atoms with Crippen LogP contribution in [0.25, 0.3) is 0 Å². The van der Waals surface area contributed by atoms with Gasteiger partial charge in [0.15, 0.2) is 0 Å².